The van der Waals surface area contributed by atoms with Gasteiger partial charge in [-0.15, -0.1) is 0 Å². The van der Waals surface area contributed by atoms with Gasteiger partial charge < -0.3 is 10.1 Å². The minimum Gasteiger partial charge on any atom is -0.476 e. The highest BCUT2D eigenvalue weighted by Gasteiger charge is 2.37. The number of nitrogens with one attached hydrogen (secondary N) is 1. The molecule has 0 amide bonds. The number of nitrogens with zero attached hydrogens (tertiary/aromatic N) is 1. The number of hydrogen-bond donors (Lipinski definition) is 1. The van der Waals surface area contributed by atoms with Gasteiger partial charge in [0.1, 0.15) is 19.0 Å². The summed E-state index contributed by atoms with van der Waals surface area (Å²) in [6.07, 6.45) is -6.92. The van der Waals surface area contributed by atoms with Crippen molar-refractivity contribution in [3.8, 4) is 5.88 Å². The summed E-state index contributed by atoms with van der Waals surface area (Å²) in [6, 6.07) is 1.53. The molecule has 1 aliphatic rings. The molecule has 0 saturated carbocycles. The molecule has 8 heteroatoms. The summed E-state index contributed by atoms with van der Waals surface area (Å²) in [5, 5.41) is 2.81. The van der Waals surface area contributed by atoms with E-state index in [-0.39, 0.29) is 19.0 Å². The van der Waals surface area contributed by atoms with E-state index in [9.17, 15) is 22.0 Å². The van der Waals surface area contributed by atoms with Crippen LogP contribution in [0.25, 0.3) is 0 Å². The predicted molar refractivity (Wildman–Crippen MR) is 65.5 cm³/mol. The molecule has 118 valence electrons. The van der Waals surface area contributed by atoms with Crippen LogP contribution in [0.15, 0.2) is 18.3 Å². The standard InChI is InChI=1S/C13H15F5N2O/c1-7-10(19-5-9(14)12(7)15)6-21-11-3-2-8(4-20-11)13(16,17)18/h2-4,7,9-10,12,19H,5-6H2,1H3/t7-,9?,10-,12?/m1/s1. The minimum absolute atomic E-state index is 0.00662. The Morgan fingerprint density at radius 1 is 1.33 bits per heavy atom. The van der Waals surface area contributed by atoms with E-state index in [0.717, 1.165) is 12.1 Å². The van der Waals surface area contributed by atoms with Crippen LogP contribution in [0.3, 0.4) is 0 Å². The maximum atomic E-state index is 13.5. The molecule has 2 rings (SSSR count). The Bertz CT molecular complexity index is 465. The summed E-state index contributed by atoms with van der Waals surface area (Å²) in [4.78, 5) is 3.55. The highest BCUT2D eigenvalue weighted by atomic mass is 19.4. The van der Waals surface area contributed by atoms with Gasteiger partial charge in [-0.2, -0.15) is 13.2 Å². The van der Waals surface area contributed by atoms with Crippen molar-refractivity contribution in [3.63, 3.8) is 0 Å². The van der Waals surface area contributed by atoms with Crippen LogP contribution in [0.5, 0.6) is 5.88 Å². The molecule has 0 bridgehead atoms. The summed E-state index contributed by atoms with van der Waals surface area (Å²) in [5.74, 6) is -0.585. The second kappa shape index (κ2) is 6.13. The predicted octanol–water partition coefficient (Wildman–Crippen LogP) is 2.76. The van der Waals surface area contributed by atoms with E-state index >= 15 is 0 Å². The molecule has 1 N–H and O–H groups in total. The Balaban J connectivity index is 1.91. The quantitative estimate of drug-likeness (QED) is 0.872. The molecule has 2 unspecified atom stereocenters. The molecule has 0 radical (unpaired) electrons. The summed E-state index contributed by atoms with van der Waals surface area (Å²) in [5.41, 5.74) is -0.872. The number of hydrogen-bond acceptors (Lipinski definition) is 3. The van der Waals surface area contributed by atoms with Gasteiger partial charge in [0.05, 0.1) is 5.56 Å². The third-order valence-electron chi connectivity index (χ3n) is 3.53. The van der Waals surface area contributed by atoms with Crippen molar-refractivity contribution in [2.24, 2.45) is 5.92 Å². The Morgan fingerprint density at radius 2 is 2.05 bits per heavy atom. The van der Waals surface area contributed by atoms with Crippen LogP contribution in [0.1, 0.15) is 12.5 Å². The molecule has 4 atom stereocenters. The van der Waals surface area contributed by atoms with Gasteiger partial charge in [0.15, 0.2) is 0 Å². The fourth-order valence-electron chi connectivity index (χ4n) is 2.13. The van der Waals surface area contributed by atoms with E-state index in [1.54, 1.807) is 6.92 Å². The highest BCUT2D eigenvalue weighted by Crippen LogP contribution is 2.29. The van der Waals surface area contributed by atoms with Crippen molar-refractivity contribution in [2.45, 2.75) is 31.5 Å². The molecule has 1 aliphatic heterocycles. The van der Waals surface area contributed by atoms with E-state index in [2.05, 4.69) is 10.3 Å². The first-order valence-corrected chi connectivity index (χ1v) is 6.46. The topological polar surface area (TPSA) is 34.1 Å². The number of piperidine rings is 1. The fourth-order valence-corrected chi connectivity index (χ4v) is 2.13. The summed E-state index contributed by atoms with van der Waals surface area (Å²) >= 11 is 0. The van der Waals surface area contributed by atoms with Crippen molar-refractivity contribution >= 4 is 0 Å². The number of alkyl halides is 5. The fraction of sp³-hybridized carbons (Fsp3) is 0.615. The third-order valence-corrected chi connectivity index (χ3v) is 3.53. The van der Waals surface area contributed by atoms with Crippen molar-refractivity contribution in [3.05, 3.63) is 23.9 Å². The maximum Gasteiger partial charge on any atom is 0.417 e. The van der Waals surface area contributed by atoms with Crippen LogP contribution in [0.2, 0.25) is 0 Å². The number of ether oxygens (including phenoxy) is 1. The molecule has 1 aromatic rings. The monoisotopic (exact) mass is 310 g/mol. The number of halogens is 5. The van der Waals surface area contributed by atoms with E-state index < -0.39 is 36.0 Å². The molecule has 2 heterocycles. The maximum absolute atomic E-state index is 13.5. The van der Waals surface area contributed by atoms with Gasteiger partial charge in [0, 0.05) is 30.8 Å². The van der Waals surface area contributed by atoms with Gasteiger partial charge in [-0.3, -0.25) is 0 Å². The molecule has 0 spiro atoms. The average Bonchev–Trinajstić information content (AvgIpc) is 2.43. The Kier molecular flexibility index (Phi) is 4.65. The molecule has 0 aliphatic carbocycles. The summed E-state index contributed by atoms with van der Waals surface area (Å²) in [6.45, 7) is 1.45. The van der Waals surface area contributed by atoms with Crippen LogP contribution >= 0.6 is 0 Å². The van der Waals surface area contributed by atoms with Gasteiger partial charge in [0.25, 0.3) is 0 Å². The zero-order chi connectivity index (χ0) is 15.6. The van der Waals surface area contributed by atoms with Gasteiger partial charge in [0.2, 0.25) is 5.88 Å². The lowest BCUT2D eigenvalue weighted by Gasteiger charge is -2.34. The molecule has 1 saturated heterocycles. The second-order valence-electron chi connectivity index (χ2n) is 5.03. The summed E-state index contributed by atoms with van der Waals surface area (Å²) < 4.78 is 69.0. The first-order valence-electron chi connectivity index (χ1n) is 6.46. The number of pyridine rings is 1. The van der Waals surface area contributed by atoms with Crippen molar-refractivity contribution in [1.29, 1.82) is 0 Å². The van der Waals surface area contributed by atoms with Crippen LogP contribution in [0.4, 0.5) is 22.0 Å². The van der Waals surface area contributed by atoms with Crippen molar-refractivity contribution in [2.75, 3.05) is 13.2 Å². The Hall–Kier alpha value is -1.44. The Labute approximate surface area is 118 Å². The van der Waals surface area contributed by atoms with Crippen LogP contribution < -0.4 is 10.1 Å². The lowest BCUT2D eigenvalue weighted by atomic mass is 9.90. The van der Waals surface area contributed by atoms with Gasteiger partial charge in [-0.25, -0.2) is 13.8 Å². The number of aromatic nitrogens is 1. The largest absolute Gasteiger partial charge is 0.476 e. The van der Waals surface area contributed by atoms with Gasteiger partial charge in [-0.05, 0) is 6.07 Å². The molecule has 21 heavy (non-hydrogen) atoms. The molecular formula is C13H15F5N2O. The van der Waals surface area contributed by atoms with Gasteiger partial charge >= 0.3 is 6.18 Å². The minimum atomic E-state index is -4.46. The molecule has 1 aromatic heterocycles. The smallest absolute Gasteiger partial charge is 0.417 e. The van der Waals surface area contributed by atoms with E-state index in [1.165, 1.54) is 0 Å². The molecular weight excluding hydrogens is 295 g/mol. The summed E-state index contributed by atoms with van der Waals surface area (Å²) in [7, 11) is 0. The van der Waals surface area contributed by atoms with E-state index in [4.69, 9.17) is 4.74 Å². The lowest BCUT2D eigenvalue weighted by Crippen LogP contribution is -2.54. The molecule has 0 aromatic carbocycles. The molecule has 3 nitrogen and oxygen atoms in total. The first-order chi connectivity index (χ1) is 9.79. The zero-order valence-corrected chi connectivity index (χ0v) is 11.2. The third kappa shape index (κ3) is 3.81. The van der Waals surface area contributed by atoms with E-state index in [1.807, 2.05) is 0 Å². The first kappa shape index (κ1) is 15.9. The number of rotatable bonds is 3. The van der Waals surface area contributed by atoms with Crippen LogP contribution in [-0.4, -0.2) is 36.5 Å². The molecule has 1 fully saturated rings. The van der Waals surface area contributed by atoms with Gasteiger partial charge in [-0.1, -0.05) is 6.92 Å². The van der Waals surface area contributed by atoms with E-state index in [0.29, 0.717) is 6.20 Å². The highest BCUT2D eigenvalue weighted by molar-refractivity contribution is 5.20. The van der Waals surface area contributed by atoms with Crippen molar-refractivity contribution in [1.82, 2.24) is 10.3 Å². The lowest BCUT2D eigenvalue weighted by molar-refractivity contribution is -0.137. The average molecular weight is 310 g/mol. The Morgan fingerprint density at radius 3 is 2.62 bits per heavy atom. The zero-order valence-electron chi connectivity index (χ0n) is 11.2. The SMILES string of the molecule is C[C@H]1C(F)C(F)CN[C@@H]1COc1ccc(C(F)(F)F)cn1. The normalized spacial score (nSPS) is 30.2. The van der Waals surface area contributed by atoms with Crippen LogP contribution in [0, 0.1) is 5.92 Å². The van der Waals surface area contributed by atoms with Crippen molar-refractivity contribution < 1.29 is 26.7 Å². The second-order valence-corrected chi connectivity index (χ2v) is 5.03. The van der Waals surface area contributed by atoms with Crippen LogP contribution in [-0.2, 0) is 6.18 Å².